The molecule has 128 valence electrons. The Morgan fingerprint density at radius 2 is 1.76 bits per heavy atom. The molecule has 6 heteroatoms. The average molecular weight is 466 g/mol. The van der Waals surface area contributed by atoms with Crippen molar-refractivity contribution in [2.45, 2.75) is 20.8 Å². The summed E-state index contributed by atoms with van der Waals surface area (Å²) in [6, 6.07) is 8.79. The molecule has 25 heavy (non-hydrogen) atoms. The smallest absolute Gasteiger partial charge is 0.351 e. The van der Waals surface area contributed by atoms with E-state index in [1.807, 2.05) is 26.8 Å². The van der Waals surface area contributed by atoms with E-state index in [-0.39, 0.29) is 5.56 Å². The number of ether oxygens (including phenoxy) is 1. The van der Waals surface area contributed by atoms with Gasteiger partial charge in [0.25, 0.3) is 0 Å². The molecule has 0 saturated heterocycles. The number of aryl methyl sites for hydroxylation is 2. The third-order valence-corrected chi connectivity index (χ3v) is 4.99. The number of benzene rings is 2. The lowest BCUT2D eigenvalue weighted by Gasteiger charge is -2.11. The summed E-state index contributed by atoms with van der Waals surface area (Å²) in [5.41, 5.74) is 2.35. The molecular formula is C19H14Br2O4. The first-order chi connectivity index (χ1) is 11.8. The number of esters is 1. The van der Waals surface area contributed by atoms with E-state index < -0.39 is 11.6 Å². The molecule has 0 aliphatic heterocycles. The van der Waals surface area contributed by atoms with Crippen LogP contribution in [0.3, 0.4) is 0 Å². The Morgan fingerprint density at radius 1 is 1.04 bits per heavy atom. The first kappa shape index (κ1) is 17.9. The fraction of sp³-hybridized carbons (Fsp3) is 0.158. The van der Waals surface area contributed by atoms with Crippen LogP contribution in [0.1, 0.15) is 27.0 Å². The van der Waals surface area contributed by atoms with Crippen molar-refractivity contribution in [2.24, 2.45) is 0 Å². The maximum absolute atomic E-state index is 12.5. The summed E-state index contributed by atoms with van der Waals surface area (Å²) >= 11 is 6.72. The molecule has 0 atom stereocenters. The molecule has 1 aromatic heterocycles. The molecule has 2 aromatic carbocycles. The van der Waals surface area contributed by atoms with Crippen molar-refractivity contribution in [3.8, 4) is 5.75 Å². The number of carbonyl (C=O) groups is 1. The Hall–Kier alpha value is -1.92. The fourth-order valence-corrected chi connectivity index (χ4v) is 3.90. The van der Waals surface area contributed by atoms with Crippen LogP contribution in [-0.4, -0.2) is 5.97 Å². The Morgan fingerprint density at radius 3 is 2.48 bits per heavy atom. The predicted molar refractivity (Wildman–Crippen MR) is 103 cm³/mol. The highest BCUT2D eigenvalue weighted by Crippen LogP contribution is 2.29. The Bertz CT molecular complexity index is 1070. The van der Waals surface area contributed by atoms with Crippen LogP contribution < -0.4 is 10.4 Å². The molecule has 3 aromatic rings. The Kier molecular flexibility index (Phi) is 4.84. The minimum atomic E-state index is -0.736. The van der Waals surface area contributed by atoms with Crippen molar-refractivity contribution >= 4 is 48.8 Å². The van der Waals surface area contributed by atoms with E-state index in [0.717, 1.165) is 21.2 Å². The van der Waals surface area contributed by atoms with Crippen molar-refractivity contribution < 1.29 is 13.9 Å². The topological polar surface area (TPSA) is 56.5 Å². The quantitative estimate of drug-likeness (QED) is 0.286. The van der Waals surface area contributed by atoms with Crippen LogP contribution >= 0.6 is 31.9 Å². The average Bonchev–Trinajstić information content (AvgIpc) is 2.52. The molecular weight excluding hydrogens is 452 g/mol. The number of carbonyl (C=O) groups excluding carboxylic acids is 1. The number of hydrogen-bond donors (Lipinski definition) is 0. The van der Waals surface area contributed by atoms with Crippen LogP contribution in [0.15, 0.2) is 48.5 Å². The van der Waals surface area contributed by atoms with Gasteiger partial charge in [0, 0.05) is 9.86 Å². The molecule has 3 rings (SSSR count). The lowest BCUT2D eigenvalue weighted by atomic mass is 10.1. The molecule has 4 nitrogen and oxygen atoms in total. The van der Waals surface area contributed by atoms with Crippen LogP contribution in [0.25, 0.3) is 11.0 Å². The van der Waals surface area contributed by atoms with E-state index in [1.165, 1.54) is 6.07 Å². The fourth-order valence-electron chi connectivity index (χ4n) is 2.56. The minimum Gasteiger partial charge on any atom is -0.422 e. The first-order valence-corrected chi connectivity index (χ1v) is 9.08. The standard InChI is InChI=1S/C19H14Br2O4/c1-9-4-10(2)11(3)16(5-9)24-18(22)14-7-12-6-13(20)8-15(21)17(12)25-19(14)23/h4-8H,1-3H3. The van der Waals surface area contributed by atoms with E-state index in [0.29, 0.717) is 21.2 Å². The molecule has 0 spiro atoms. The molecule has 0 radical (unpaired) electrons. The van der Waals surface area contributed by atoms with Crippen molar-refractivity contribution in [3.05, 3.63) is 72.0 Å². The van der Waals surface area contributed by atoms with Gasteiger partial charge in [-0.15, -0.1) is 0 Å². The van der Waals surface area contributed by atoms with Crippen molar-refractivity contribution in [2.75, 3.05) is 0 Å². The minimum absolute atomic E-state index is 0.143. The van der Waals surface area contributed by atoms with E-state index in [9.17, 15) is 9.59 Å². The Labute approximate surface area is 161 Å². The van der Waals surface area contributed by atoms with E-state index in [1.54, 1.807) is 18.2 Å². The number of halogens is 2. The van der Waals surface area contributed by atoms with Gasteiger partial charge in [0.05, 0.1) is 4.47 Å². The second kappa shape index (κ2) is 6.77. The summed E-state index contributed by atoms with van der Waals surface area (Å²) < 4.78 is 12.2. The maximum atomic E-state index is 12.5. The van der Waals surface area contributed by atoms with Crippen LogP contribution in [-0.2, 0) is 0 Å². The van der Waals surface area contributed by atoms with Gasteiger partial charge < -0.3 is 9.15 Å². The van der Waals surface area contributed by atoms with E-state index in [2.05, 4.69) is 31.9 Å². The van der Waals surface area contributed by atoms with Gasteiger partial charge in [0.2, 0.25) is 0 Å². The van der Waals surface area contributed by atoms with Gasteiger partial charge in [-0.1, -0.05) is 22.0 Å². The molecule has 0 unspecified atom stereocenters. The molecule has 0 bridgehead atoms. The van der Waals surface area contributed by atoms with Gasteiger partial charge in [-0.3, -0.25) is 0 Å². The van der Waals surface area contributed by atoms with Crippen molar-refractivity contribution in [1.82, 2.24) is 0 Å². The summed E-state index contributed by atoms with van der Waals surface area (Å²) in [6.45, 7) is 5.73. The van der Waals surface area contributed by atoms with Gasteiger partial charge in [-0.05, 0) is 77.7 Å². The molecule has 0 N–H and O–H groups in total. The largest absolute Gasteiger partial charge is 0.422 e. The van der Waals surface area contributed by atoms with Gasteiger partial charge in [0.1, 0.15) is 11.3 Å². The number of rotatable bonds is 2. The molecule has 1 heterocycles. The maximum Gasteiger partial charge on any atom is 0.351 e. The molecule has 0 aliphatic rings. The predicted octanol–water partition coefficient (Wildman–Crippen LogP) is 5.46. The first-order valence-electron chi connectivity index (χ1n) is 7.49. The summed E-state index contributed by atoms with van der Waals surface area (Å²) in [7, 11) is 0. The van der Waals surface area contributed by atoms with E-state index in [4.69, 9.17) is 9.15 Å². The molecule has 0 aliphatic carbocycles. The highest BCUT2D eigenvalue weighted by atomic mass is 79.9. The number of fused-ring (bicyclic) bond motifs is 1. The highest BCUT2D eigenvalue weighted by Gasteiger charge is 2.19. The molecule has 0 amide bonds. The van der Waals surface area contributed by atoms with Crippen LogP contribution in [0.2, 0.25) is 0 Å². The van der Waals surface area contributed by atoms with Gasteiger partial charge >= 0.3 is 11.6 Å². The summed E-state index contributed by atoms with van der Waals surface area (Å²) in [5, 5.41) is 0.616. The molecule has 0 fully saturated rings. The van der Waals surface area contributed by atoms with Gasteiger partial charge in [0.15, 0.2) is 5.58 Å². The van der Waals surface area contributed by atoms with E-state index >= 15 is 0 Å². The third kappa shape index (κ3) is 3.55. The lowest BCUT2D eigenvalue weighted by Crippen LogP contribution is -2.19. The van der Waals surface area contributed by atoms with Crippen molar-refractivity contribution in [1.29, 1.82) is 0 Å². The second-order valence-electron chi connectivity index (χ2n) is 5.85. The Balaban J connectivity index is 2.06. The van der Waals surface area contributed by atoms with Crippen LogP contribution in [0, 0.1) is 20.8 Å². The third-order valence-electron chi connectivity index (χ3n) is 3.94. The zero-order valence-electron chi connectivity index (χ0n) is 13.8. The van der Waals surface area contributed by atoms with Crippen molar-refractivity contribution in [3.63, 3.8) is 0 Å². The van der Waals surface area contributed by atoms with Gasteiger partial charge in [-0.25, -0.2) is 9.59 Å². The zero-order chi connectivity index (χ0) is 18.3. The molecule has 0 saturated carbocycles. The monoisotopic (exact) mass is 464 g/mol. The summed E-state index contributed by atoms with van der Waals surface area (Å²) in [5.74, 6) is -0.294. The highest BCUT2D eigenvalue weighted by molar-refractivity contribution is 9.11. The second-order valence-corrected chi connectivity index (χ2v) is 7.62. The van der Waals surface area contributed by atoms with Crippen LogP contribution in [0.5, 0.6) is 5.75 Å². The van der Waals surface area contributed by atoms with Gasteiger partial charge in [-0.2, -0.15) is 0 Å². The summed E-state index contributed by atoms with van der Waals surface area (Å²) in [4.78, 5) is 24.7. The summed E-state index contributed by atoms with van der Waals surface area (Å²) in [6.07, 6.45) is 0. The zero-order valence-corrected chi connectivity index (χ0v) is 16.9. The van der Waals surface area contributed by atoms with Crippen LogP contribution in [0.4, 0.5) is 0 Å². The lowest BCUT2D eigenvalue weighted by molar-refractivity contribution is 0.0729. The normalized spacial score (nSPS) is 10.9. The number of hydrogen-bond acceptors (Lipinski definition) is 4. The SMILES string of the molecule is Cc1cc(C)c(C)c(OC(=O)c2cc3cc(Br)cc(Br)c3oc2=O)c1.